The largest absolute Gasteiger partial charge is 0.371 e. The Balaban J connectivity index is 2.13. The van der Waals surface area contributed by atoms with Crippen LogP contribution >= 0.6 is 0 Å². The van der Waals surface area contributed by atoms with Crippen LogP contribution in [0.2, 0.25) is 0 Å². The number of rotatable bonds is 1. The number of carbonyl (C=O) groups is 1. The van der Waals surface area contributed by atoms with E-state index in [1.165, 1.54) is 0 Å². The lowest BCUT2D eigenvalue weighted by Crippen LogP contribution is -2.36. The summed E-state index contributed by atoms with van der Waals surface area (Å²) in [6, 6.07) is 7.66. The van der Waals surface area contributed by atoms with Gasteiger partial charge in [-0.05, 0) is 18.2 Å². The number of hydrogen-bond acceptors (Lipinski definition) is 3. The molecule has 4 heteroatoms. The highest BCUT2D eigenvalue weighted by molar-refractivity contribution is 6.26. The van der Waals surface area contributed by atoms with Crippen LogP contribution in [-0.4, -0.2) is 17.7 Å². The molecule has 0 aromatic heterocycles. The van der Waals surface area contributed by atoms with E-state index in [4.69, 9.17) is 5.73 Å². The molecule has 17 heavy (non-hydrogen) atoms. The highest BCUT2D eigenvalue weighted by Crippen LogP contribution is 2.32. The third-order valence-electron chi connectivity index (χ3n) is 2.86. The molecule has 0 saturated carbocycles. The van der Waals surface area contributed by atoms with Gasteiger partial charge in [0, 0.05) is 0 Å². The number of nitrogens with zero attached hydrogens (tertiary/aromatic N) is 1. The summed E-state index contributed by atoms with van der Waals surface area (Å²) in [5.41, 5.74) is 8.31. The topological polar surface area (TPSA) is 67.5 Å². The summed E-state index contributed by atoms with van der Waals surface area (Å²) < 4.78 is 0. The first kappa shape index (κ1) is 9.84. The van der Waals surface area contributed by atoms with Crippen LogP contribution in [0, 0.1) is 0 Å². The number of allylic oxidation sites excluding steroid dienone is 2. The molecule has 1 heterocycles. The average Bonchev–Trinajstić information content (AvgIpc) is 2.35. The zero-order valence-corrected chi connectivity index (χ0v) is 9.05. The first-order chi connectivity index (χ1) is 8.25. The van der Waals surface area contributed by atoms with Crippen molar-refractivity contribution in [1.82, 2.24) is 0 Å². The Morgan fingerprint density at radius 2 is 2.18 bits per heavy atom. The van der Waals surface area contributed by atoms with Gasteiger partial charge < -0.3 is 11.1 Å². The standard InChI is InChI=1S/C13H11N3O/c14-13(17)8-4-3-7-11-12(8)16-10-6-2-1-5-9(10)15-11/h1-7,11,15H,(H2,14,17). The van der Waals surface area contributed by atoms with Crippen LogP contribution < -0.4 is 11.1 Å². The van der Waals surface area contributed by atoms with Crippen LogP contribution in [0.3, 0.4) is 0 Å². The average molecular weight is 225 g/mol. The van der Waals surface area contributed by atoms with Crippen molar-refractivity contribution in [3.63, 3.8) is 0 Å². The maximum atomic E-state index is 11.3. The number of hydrogen-bond donors (Lipinski definition) is 2. The molecule has 1 atom stereocenters. The van der Waals surface area contributed by atoms with Crippen LogP contribution in [-0.2, 0) is 4.79 Å². The van der Waals surface area contributed by atoms with Gasteiger partial charge in [-0.25, -0.2) is 4.99 Å². The van der Waals surface area contributed by atoms with E-state index in [2.05, 4.69) is 10.3 Å². The maximum Gasteiger partial charge on any atom is 0.250 e. The van der Waals surface area contributed by atoms with Crippen molar-refractivity contribution >= 4 is 23.0 Å². The molecule has 1 amide bonds. The van der Waals surface area contributed by atoms with Crippen molar-refractivity contribution in [1.29, 1.82) is 0 Å². The molecule has 1 aliphatic heterocycles. The highest BCUT2D eigenvalue weighted by Gasteiger charge is 2.27. The Morgan fingerprint density at radius 1 is 1.35 bits per heavy atom. The molecule has 0 bridgehead atoms. The molecule has 1 aliphatic carbocycles. The van der Waals surface area contributed by atoms with Crippen LogP contribution in [0.1, 0.15) is 0 Å². The number of amides is 1. The number of nitrogens with one attached hydrogen (secondary N) is 1. The molecule has 1 aromatic rings. The Morgan fingerprint density at radius 3 is 3.00 bits per heavy atom. The normalized spacial score (nSPS) is 20.6. The molecule has 0 spiro atoms. The van der Waals surface area contributed by atoms with Crippen molar-refractivity contribution in [3.05, 3.63) is 48.1 Å². The predicted octanol–water partition coefficient (Wildman–Crippen LogP) is 1.53. The van der Waals surface area contributed by atoms with Crippen LogP contribution in [0.15, 0.2) is 53.1 Å². The third-order valence-corrected chi connectivity index (χ3v) is 2.86. The molecule has 4 nitrogen and oxygen atoms in total. The molecule has 1 aromatic carbocycles. The van der Waals surface area contributed by atoms with Crippen molar-refractivity contribution in [3.8, 4) is 0 Å². The zero-order chi connectivity index (χ0) is 11.8. The smallest absolute Gasteiger partial charge is 0.250 e. The molecular formula is C13H11N3O. The first-order valence-electron chi connectivity index (χ1n) is 5.38. The van der Waals surface area contributed by atoms with Gasteiger partial charge in [0.15, 0.2) is 0 Å². The molecule has 3 rings (SSSR count). The van der Waals surface area contributed by atoms with Gasteiger partial charge in [0.25, 0.3) is 5.91 Å². The van der Waals surface area contributed by atoms with E-state index in [1.807, 2.05) is 36.4 Å². The second-order valence-corrected chi connectivity index (χ2v) is 3.97. The Bertz CT molecular complexity index is 584. The fourth-order valence-corrected chi connectivity index (χ4v) is 2.05. The summed E-state index contributed by atoms with van der Waals surface area (Å²) >= 11 is 0. The number of fused-ring (bicyclic) bond motifs is 2. The molecule has 1 unspecified atom stereocenters. The van der Waals surface area contributed by atoms with Crippen molar-refractivity contribution in [2.24, 2.45) is 10.7 Å². The minimum atomic E-state index is -0.445. The highest BCUT2D eigenvalue weighted by atomic mass is 16.1. The maximum absolute atomic E-state index is 11.3. The summed E-state index contributed by atoms with van der Waals surface area (Å²) in [7, 11) is 0. The molecular weight excluding hydrogens is 214 g/mol. The second-order valence-electron chi connectivity index (χ2n) is 3.97. The van der Waals surface area contributed by atoms with E-state index in [-0.39, 0.29) is 6.04 Å². The van der Waals surface area contributed by atoms with Gasteiger partial charge in [0.05, 0.1) is 28.7 Å². The fraction of sp³-hybridized carbons (Fsp3) is 0.0769. The number of anilines is 1. The van der Waals surface area contributed by atoms with Crippen LogP contribution in [0.5, 0.6) is 0 Å². The number of aliphatic imine (C=N–C) groups is 1. The van der Waals surface area contributed by atoms with Gasteiger partial charge in [-0.2, -0.15) is 0 Å². The third kappa shape index (κ3) is 1.54. The van der Waals surface area contributed by atoms with Crippen molar-refractivity contribution < 1.29 is 4.79 Å². The summed E-state index contributed by atoms with van der Waals surface area (Å²) in [4.78, 5) is 15.8. The number of carbonyl (C=O) groups excluding carboxylic acids is 1. The quantitative estimate of drug-likeness (QED) is 0.761. The molecule has 2 aliphatic rings. The van der Waals surface area contributed by atoms with Gasteiger partial charge in [-0.3, -0.25) is 4.79 Å². The van der Waals surface area contributed by atoms with Gasteiger partial charge in [0.2, 0.25) is 0 Å². The molecule has 0 saturated heterocycles. The monoisotopic (exact) mass is 225 g/mol. The first-order valence-corrected chi connectivity index (χ1v) is 5.38. The molecule has 0 fully saturated rings. The van der Waals surface area contributed by atoms with E-state index in [0.29, 0.717) is 11.3 Å². The summed E-state index contributed by atoms with van der Waals surface area (Å²) in [6.45, 7) is 0. The minimum Gasteiger partial charge on any atom is -0.371 e. The van der Waals surface area contributed by atoms with Gasteiger partial charge in [-0.1, -0.05) is 24.3 Å². The predicted molar refractivity (Wildman–Crippen MR) is 67.4 cm³/mol. The lowest BCUT2D eigenvalue weighted by atomic mass is 9.95. The van der Waals surface area contributed by atoms with E-state index in [1.54, 1.807) is 6.08 Å². The Labute approximate surface area is 98.5 Å². The fourth-order valence-electron chi connectivity index (χ4n) is 2.05. The van der Waals surface area contributed by atoms with E-state index >= 15 is 0 Å². The second kappa shape index (κ2) is 3.59. The molecule has 0 radical (unpaired) electrons. The number of para-hydroxylation sites is 2. The van der Waals surface area contributed by atoms with E-state index < -0.39 is 5.91 Å². The van der Waals surface area contributed by atoms with Gasteiger partial charge >= 0.3 is 0 Å². The molecule has 84 valence electrons. The minimum absolute atomic E-state index is 0.0719. The SMILES string of the molecule is NC(=O)C1=CC=CC2Nc3ccccc3N=C12. The Hall–Kier alpha value is -2.36. The number of benzene rings is 1. The lowest BCUT2D eigenvalue weighted by Gasteiger charge is -2.27. The van der Waals surface area contributed by atoms with E-state index in [0.717, 1.165) is 11.4 Å². The van der Waals surface area contributed by atoms with Crippen molar-refractivity contribution in [2.45, 2.75) is 6.04 Å². The summed E-state index contributed by atoms with van der Waals surface area (Å²) in [5.74, 6) is -0.445. The number of primary amides is 1. The van der Waals surface area contributed by atoms with Gasteiger partial charge in [0.1, 0.15) is 0 Å². The Kier molecular flexibility index (Phi) is 2.08. The van der Waals surface area contributed by atoms with Crippen LogP contribution in [0.25, 0.3) is 0 Å². The van der Waals surface area contributed by atoms with Crippen LogP contribution in [0.4, 0.5) is 11.4 Å². The number of nitrogens with two attached hydrogens (primary N) is 1. The van der Waals surface area contributed by atoms with E-state index in [9.17, 15) is 4.79 Å². The lowest BCUT2D eigenvalue weighted by molar-refractivity contribution is -0.114. The van der Waals surface area contributed by atoms with Gasteiger partial charge in [-0.15, -0.1) is 0 Å². The summed E-state index contributed by atoms with van der Waals surface area (Å²) in [6.07, 6.45) is 5.49. The summed E-state index contributed by atoms with van der Waals surface area (Å²) in [5, 5.41) is 3.32. The van der Waals surface area contributed by atoms with Crippen molar-refractivity contribution in [2.75, 3.05) is 5.32 Å². The zero-order valence-electron chi connectivity index (χ0n) is 9.05. The molecule has 3 N–H and O–H groups in total.